The molecule has 1 aromatic carbocycles. The number of amides is 2. The fourth-order valence-corrected chi connectivity index (χ4v) is 2.68. The third-order valence-electron chi connectivity index (χ3n) is 3.96. The molecule has 0 radical (unpaired) electrons. The van der Waals surface area contributed by atoms with E-state index in [2.05, 4.69) is 15.6 Å². The Kier molecular flexibility index (Phi) is 4.97. The standard InChI is InChI=1S/C19H19FN4O2/c1-12-3-8-16-23-13(2)17(24(16)11-12)19(26)22-10-9-21-18(25)14-4-6-15(20)7-5-14/h3-8,11H,9-10H2,1-2H3,(H,21,25)(H,22,26). The van der Waals surface area contributed by atoms with Crippen molar-refractivity contribution >= 4 is 17.5 Å². The normalized spacial score (nSPS) is 10.7. The van der Waals surface area contributed by atoms with Crippen molar-refractivity contribution in [3.05, 3.63) is 70.9 Å². The van der Waals surface area contributed by atoms with Crippen molar-refractivity contribution in [1.29, 1.82) is 0 Å². The van der Waals surface area contributed by atoms with Crippen LogP contribution in [-0.4, -0.2) is 34.3 Å². The van der Waals surface area contributed by atoms with Crippen molar-refractivity contribution in [2.75, 3.05) is 13.1 Å². The number of hydrogen-bond acceptors (Lipinski definition) is 3. The van der Waals surface area contributed by atoms with E-state index in [9.17, 15) is 14.0 Å². The molecule has 2 N–H and O–H groups in total. The van der Waals surface area contributed by atoms with Gasteiger partial charge >= 0.3 is 0 Å². The molecule has 0 saturated carbocycles. The third-order valence-corrected chi connectivity index (χ3v) is 3.96. The lowest BCUT2D eigenvalue weighted by Crippen LogP contribution is -2.35. The van der Waals surface area contributed by atoms with Gasteiger partial charge in [-0.25, -0.2) is 9.37 Å². The predicted octanol–water partition coefficient (Wildman–Crippen LogP) is 2.25. The summed E-state index contributed by atoms with van der Waals surface area (Å²) in [5, 5.41) is 5.46. The lowest BCUT2D eigenvalue weighted by Gasteiger charge is -2.08. The molecule has 3 aromatic rings. The van der Waals surface area contributed by atoms with Crippen LogP contribution in [0.3, 0.4) is 0 Å². The highest BCUT2D eigenvalue weighted by Crippen LogP contribution is 2.13. The first kappa shape index (κ1) is 17.6. The number of carbonyl (C=O) groups is 2. The van der Waals surface area contributed by atoms with Crippen molar-refractivity contribution in [3.8, 4) is 0 Å². The fourth-order valence-electron chi connectivity index (χ4n) is 2.68. The van der Waals surface area contributed by atoms with Gasteiger partial charge in [0.25, 0.3) is 11.8 Å². The number of benzene rings is 1. The number of aromatic nitrogens is 2. The largest absolute Gasteiger partial charge is 0.350 e. The molecular formula is C19H19FN4O2. The molecule has 0 aliphatic rings. The van der Waals surface area contributed by atoms with Gasteiger partial charge in [-0.05, 0) is 49.7 Å². The van der Waals surface area contributed by atoms with Crippen LogP contribution in [0.25, 0.3) is 5.65 Å². The van der Waals surface area contributed by atoms with Gasteiger partial charge in [-0.2, -0.15) is 0 Å². The maximum Gasteiger partial charge on any atom is 0.270 e. The van der Waals surface area contributed by atoms with E-state index < -0.39 is 5.82 Å². The number of imidazole rings is 1. The summed E-state index contributed by atoms with van der Waals surface area (Å²) < 4.78 is 14.6. The Labute approximate surface area is 150 Å². The second-order valence-corrected chi connectivity index (χ2v) is 6.00. The number of nitrogens with one attached hydrogen (secondary N) is 2. The molecule has 6 nitrogen and oxygen atoms in total. The van der Waals surface area contributed by atoms with Crippen LogP contribution in [-0.2, 0) is 0 Å². The van der Waals surface area contributed by atoms with Crippen LogP contribution in [0.4, 0.5) is 4.39 Å². The molecule has 0 spiro atoms. The van der Waals surface area contributed by atoms with Gasteiger partial charge in [0.15, 0.2) is 0 Å². The van der Waals surface area contributed by atoms with Crippen molar-refractivity contribution in [1.82, 2.24) is 20.0 Å². The quantitative estimate of drug-likeness (QED) is 0.690. The second-order valence-electron chi connectivity index (χ2n) is 6.00. The molecule has 0 atom stereocenters. The summed E-state index contributed by atoms with van der Waals surface area (Å²) in [6.07, 6.45) is 1.86. The van der Waals surface area contributed by atoms with E-state index in [0.717, 1.165) is 5.56 Å². The monoisotopic (exact) mass is 354 g/mol. The van der Waals surface area contributed by atoms with Gasteiger partial charge in [-0.15, -0.1) is 0 Å². The molecule has 0 unspecified atom stereocenters. The molecule has 26 heavy (non-hydrogen) atoms. The SMILES string of the molecule is Cc1ccc2nc(C)c(C(=O)NCCNC(=O)c3ccc(F)cc3)n2c1. The van der Waals surface area contributed by atoms with Gasteiger partial charge in [0.2, 0.25) is 0 Å². The topological polar surface area (TPSA) is 75.5 Å². The van der Waals surface area contributed by atoms with Crippen molar-refractivity contribution in [2.24, 2.45) is 0 Å². The molecule has 2 amide bonds. The van der Waals surface area contributed by atoms with Gasteiger partial charge in [0, 0.05) is 24.8 Å². The van der Waals surface area contributed by atoms with E-state index in [-0.39, 0.29) is 24.9 Å². The molecule has 7 heteroatoms. The molecular weight excluding hydrogens is 335 g/mol. The summed E-state index contributed by atoms with van der Waals surface area (Å²) in [5.74, 6) is -0.968. The van der Waals surface area contributed by atoms with Gasteiger partial charge in [-0.1, -0.05) is 6.07 Å². The van der Waals surface area contributed by atoms with Gasteiger partial charge in [0.05, 0.1) is 5.69 Å². The first-order chi connectivity index (χ1) is 12.5. The third kappa shape index (κ3) is 3.72. The fraction of sp³-hybridized carbons (Fsp3) is 0.211. The molecule has 134 valence electrons. The van der Waals surface area contributed by atoms with Crippen molar-refractivity contribution in [2.45, 2.75) is 13.8 Å². The van der Waals surface area contributed by atoms with Crippen LogP contribution in [0, 0.1) is 19.7 Å². The molecule has 2 aromatic heterocycles. The Bertz CT molecular complexity index is 964. The molecule has 3 rings (SSSR count). The number of nitrogens with zero attached hydrogens (tertiary/aromatic N) is 2. The minimum Gasteiger partial charge on any atom is -0.350 e. The smallest absolute Gasteiger partial charge is 0.270 e. The Morgan fingerprint density at radius 2 is 1.65 bits per heavy atom. The summed E-state index contributed by atoms with van der Waals surface area (Å²) >= 11 is 0. The minimum atomic E-state index is -0.396. The maximum absolute atomic E-state index is 12.9. The van der Waals surface area contributed by atoms with E-state index in [1.54, 1.807) is 11.3 Å². The van der Waals surface area contributed by atoms with Crippen molar-refractivity contribution < 1.29 is 14.0 Å². The lowest BCUT2D eigenvalue weighted by atomic mass is 10.2. The summed E-state index contributed by atoms with van der Waals surface area (Å²) in [4.78, 5) is 28.8. The Morgan fingerprint density at radius 1 is 1.00 bits per heavy atom. The van der Waals surface area contributed by atoms with Gasteiger partial charge in [0.1, 0.15) is 17.2 Å². The number of fused-ring (bicyclic) bond motifs is 1. The Balaban J connectivity index is 1.58. The number of hydrogen-bond donors (Lipinski definition) is 2. The molecule has 0 aliphatic heterocycles. The molecule has 0 aliphatic carbocycles. The maximum atomic E-state index is 12.9. The highest BCUT2D eigenvalue weighted by molar-refractivity contribution is 5.95. The number of carbonyl (C=O) groups excluding carboxylic acids is 2. The van der Waals surface area contributed by atoms with Crippen LogP contribution in [0.1, 0.15) is 32.1 Å². The molecule has 0 saturated heterocycles. The van der Waals surface area contributed by atoms with Crippen LogP contribution in [0.2, 0.25) is 0 Å². The number of rotatable bonds is 5. The molecule has 2 heterocycles. The number of halogens is 1. The van der Waals surface area contributed by atoms with Crippen LogP contribution < -0.4 is 10.6 Å². The van der Waals surface area contributed by atoms with E-state index in [1.807, 2.05) is 25.3 Å². The average Bonchev–Trinajstić information content (AvgIpc) is 2.94. The van der Waals surface area contributed by atoms with Gasteiger partial charge in [-0.3, -0.25) is 14.0 Å². The lowest BCUT2D eigenvalue weighted by molar-refractivity contribution is 0.0924. The predicted molar refractivity (Wildman–Crippen MR) is 95.7 cm³/mol. The Morgan fingerprint density at radius 3 is 2.35 bits per heavy atom. The van der Waals surface area contributed by atoms with Crippen molar-refractivity contribution in [3.63, 3.8) is 0 Å². The average molecular weight is 354 g/mol. The zero-order valence-electron chi connectivity index (χ0n) is 14.5. The number of aryl methyl sites for hydroxylation is 2. The summed E-state index contributed by atoms with van der Waals surface area (Å²) in [7, 11) is 0. The highest BCUT2D eigenvalue weighted by Gasteiger charge is 2.16. The highest BCUT2D eigenvalue weighted by atomic mass is 19.1. The minimum absolute atomic E-state index is 0.253. The van der Waals surface area contributed by atoms with Crippen LogP contribution in [0.5, 0.6) is 0 Å². The van der Waals surface area contributed by atoms with Crippen LogP contribution in [0.15, 0.2) is 42.6 Å². The van der Waals surface area contributed by atoms with Gasteiger partial charge < -0.3 is 10.6 Å². The summed E-state index contributed by atoms with van der Waals surface area (Å²) in [6.45, 7) is 4.26. The second kappa shape index (κ2) is 7.35. The van der Waals surface area contributed by atoms with E-state index in [0.29, 0.717) is 22.6 Å². The summed E-state index contributed by atoms with van der Waals surface area (Å²) in [6, 6.07) is 9.08. The zero-order valence-corrected chi connectivity index (χ0v) is 14.5. The summed E-state index contributed by atoms with van der Waals surface area (Å²) in [5.41, 5.74) is 3.22. The zero-order chi connectivity index (χ0) is 18.7. The van der Waals surface area contributed by atoms with E-state index in [1.165, 1.54) is 24.3 Å². The molecule has 0 fully saturated rings. The van der Waals surface area contributed by atoms with E-state index >= 15 is 0 Å². The molecule has 0 bridgehead atoms. The van der Waals surface area contributed by atoms with E-state index in [4.69, 9.17) is 0 Å². The Hall–Kier alpha value is -3.22. The van der Waals surface area contributed by atoms with Crippen LogP contribution >= 0.6 is 0 Å². The first-order valence-electron chi connectivity index (χ1n) is 8.23. The number of pyridine rings is 1. The first-order valence-corrected chi connectivity index (χ1v) is 8.23.